The van der Waals surface area contributed by atoms with Crippen LogP contribution in [0.4, 0.5) is 5.69 Å². The third-order valence-corrected chi connectivity index (χ3v) is 3.38. The van der Waals surface area contributed by atoms with Gasteiger partial charge in [0.25, 0.3) is 5.91 Å². The van der Waals surface area contributed by atoms with Crippen molar-refractivity contribution in [3.63, 3.8) is 0 Å². The van der Waals surface area contributed by atoms with Crippen molar-refractivity contribution >= 4 is 11.6 Å². The number of benzene rings is 2. The highest BCUT2D eigenvalue weighted by atomic mass is 16.5. The molecule has 24 heavy (non-hydrogen) atoms. The van der Waals surface area contributed by atoms with E-state index in [4.69, 9.17) is 9.47 Å². The lowest BCUT2D eigenvalue weighted by atomic mass is 10.2. The summed E-state index contributed by atoms with van der Waals surface area (Å²) in [5, 5.41) is 2.87. The molecule has 2 aromatic rings. The molecule has 1 amide bonds. The number of rotatable bonds is 9. The third-order valence-electron chi connectivity index (χ3n) is 3.38. The molecule has 2 rings (SSSR count). The number of hydrogen-bond acceptors (Lipinski definition) is 3. The summed E-state index contributed by atoms with van der Waals surface area (Å²) >= 11 is 0. The van der Waals surface area contributed by atoms with Gasteiger partial charge >= 0.3 is 0 Å². The maximum Gasteiger partial charge on any atom is 0.255 e. The molecule has 0 radical (unpaired) electrons. The molecule has 1 N–H and O–H groups in total. The van der Waals surface area contributed by atoms with Gasteiger partial charge in [0.2, 0.25) is 0 Å². The lowest BCUT2D eigenvalue weighted by Crippen LogP contribution is -2.13. The molecule has 4 heteroatoms. The predicted molar refractivity (Wildman–Crippen MR) is 96.9 cm³/mol. The van der Waals surface area contributed by atoms with Crippen molar-refractivity contribution in [1.82, 2.24) is 0 Å². The summed E-state index contributed by atoms with van der Waals surface area (Å²) in [5.74, 6) is 1.20. The van der Waals surface area contributed by atoms with E-state index in [2.05, 4.69) is 18.8 Å². The molecule has 2 aromatic carbocycles. The van der Waals surface area contributed by atoms with Gasteiger partial charge in [0.1, 0.15) is 18.1 Å². The summed E-state index contributed by atoms with van der Waals surface area (Å²) in [6, 6.07) is 14.4. The van der Waals surface area contributed by atoms with E-state index in [9.17, 15) is 4.79 Å². The van der Waals surface area contributed by atoms with Gasteiger partial charge < -0.3 is 14.8 Å². The largest absolute Gasteiger partial charge is 0.494 e. The van der Waals surface area contributed by atoms with Crippen molar-refractivity contribution in [3.8, 4) is 11.5 Å². The maximum atomic E-state index is 12.4. The van der Waals surface area contributed by atoms with Crippen molar-refractivity contribution in [2.45, 2.75) is 19.8 Å². The molecule has 0 heterocycles. The Morgan fingerprint density at radius 2 is 1.88 bits per heavy atom. The number of ether oxygens (including phenoxy) is 2. The first-order valence-corrected chi connectivity index (χ1v) is 8.11. The Balaban J connectivity index is 2.00. The Morgan fingerprint density at radius 3 is 2.58 bits per heavy atom. The summed E-state index contributed by atoms with van der Waals surface area (Å²) in [7, 11) is 0. The van der Waals surface area contributed by atoms with E-state index in [1.807, 2.05) is 30.3 Å². The van der Waals surface area contributed by atoms with Gasteiger partial charge in [-0.25, -0.2) is 0 Å². The van der Waals surface area contributed by atoms with Gasteiger partial charge in [-0.15, -0.1) is 0 Å². The third kappa shape index (κ3) is 5.16. The summed E-state index contributed by atoms with van der Waals surface area (Å²) in [4.78, 5) is 12.4. The van der Waals surface area contributed by atoms with E-state index in [0.717, 1.165) is 18.6 Å². The van der Waals surface area contributed by atoms with Crippen LogP contribution in [0.5, 0.6) is 11.5 Å². The average molecular weight is 325 g/mol. The molecule has 0 aliphatic heterocycles. The molecule has 0 unspecified atom stereocenters. The van der Waals surface area contributed by atoms with E-state index in [1.54, 1.807) is 24.3 Å². The van der Waals surface area contributed by atoms with E-state index in [1.165, 1.54) is 0 Å². The summed E-state index contributed by atoms with van der Waals surface area (Å²) < 4.78 is 11.1. The van der Waals surface area contributed by atoms with Crippen LogP contribution in [-0.4, -0.2) is 19.1 Å². The average Bonchev–Trinajstić information content (AvgIpc) is 2.62. The summed E-state index contributed by atoms with van der Waals surface area (Å²) in [6.45, 7) is 6.82. The van der Waals surface area contributed by atoms with Crippen molar-refractivity contribution in [1.29, 1.82) is 0 Å². The Hall–Kier alpha value is -2.75. The molecular formula is C20H23NO3. The minimum absolute atomic E-state index is 0.190. The molecule has 0 spiro atoms. The second-order valence-electron chi connectivity index (χ2n) is 5.28. The number of hydrogen-bond donors (Lipinski definition) is 1. The Morgan fingerprint density at radius 1 is 1.12 bits per heavy atom. The molecule has 4 nitrogen and oxygen atoms in total. The maximum absolute atomic E-state index is 12.4. The van der Waals surface area contributed by atoms with E-state index >= 15 is 0 Å². The highest BCUT2D eigenvalue weighted by molar-refractivity contribution is 6.05. The lowest BCUT2D eigenvalue weighted by Gasteiger charge is -2.11. The quantitative estimate of drug-likeness (QED) is 0.538. The fourth-order valence-corrected chi connectivity index (χ4v) is 2.08. The van der Waals surface area contributed by atoms with Crippen molar-refractivity contribution in [3.05, 3.63) is 66.7 Å². The number of amides is 1. The predicted octanol–water partition coefficient (Wildman–Crippen LogP) is 4.68. The molecule has 0 atom stereocenters. The van der Waals surface area contributed by atoms with E-state index in [0.29, 0.717) is 30.2 Å². The minimum Gasteiger partial charge on any atom is -0.494 e. The molecule has 0 fully saturated rings. The number of carbonyl (C=O) groups is 1. The summed E-state index contributed by atoms with van der Waals surface area (Å²) in [5.41, 5.74) is 1.20. The van der Waals surface area contributed by atoms with Crippen molar-refractivity contribution < 1.29 is 14.3 Å². The van der Waals surface area contributed by atoms with Gasteiger partial charge in [0.05, 0.1) is 12.3 Å². The molecule has 0 aromatic heterocycles. The zero-order chi connectivity index (χ0) is 17.2. The Labute approximate surface area is 143 Å². The zero-order valence-corrected chi connectivity index (χ0v) is 14.0. The lowest BCUT2D eigenvalue weighted by molar-refractivity contribution is 0.102. The highest BCUT2D eigenvalue weighted by Crippen LogP contribution is 2.24. The molecule has 0 bridgehead atoms. The van der Waals surface area contributed by atoms with Gasteiger partial charge in [0.15, 0.2) is 0 Å². The van der Waals surface area contributed by atoms with Gasteiger partial charge in [-0.05, 0) is 42.8 Å². The van der Waals surface area contributed by atoms with Crippen LogP contribution in [0.25, 0.3) is 0 Å². The van der Waals surface area contributed by atoms with Crippen molar-refractivity contribution in [2.75, 3.05) is 18.5 Å². The Kier molecular flexibility index (Phi) is 6.90. The molecule has 0 saturated heterocycles. The number of anilines is 1. The van der Waals surface area contributed by atoms with Crippen LogP contribution in [0.15, 0.2) is 61.2 Å². The van der Waals surface area contributed by atoms with E-state index < -0.39 is 0 Å². The fraction of sp³-hybridized carbons (Fsp3) is 0.250. The topological polar surface area (TPSA) is 47.6 Å². The van der Waals surface area contributed by atoms with Crippen LogP contribution in [0.2, 0.25) is 0 Å². The molecular weight excluding hydrogens is 302 g/mol. The van der Waals surface area contributed by atoms with Crippen LogP contribution in [0, 0.1) is 0 Å². The van der Waals surface area contributed by atoms with Crippen LogP contribution in [0.1, 0.15) is 30.1 Å². The zero-order valence-electron chi connectivity index (χ0n) is 14.0. The first-order chi connectivity index (χ1) is 11.7. The normalized spacial score (nSPS) is 10.0. The Bertz CT molecular complexity index is 665. The number of carbonyl (C=O) groups excluding carboxylic acids is 1. The SMILES string of the molecule is C=CCOc1ccccc1NC(=O)c1ccc(OCCCC)cc1. The first kappa shape index (κ1) is 17.6. The summed E-state index contributed by atoms with van der Waals surface area (Å²) in [6.07, 6.45) is 3.77. The van der Waals surface area contributed by atoms with Gasteiger partial charge in [-0.1, -0.05) is 38.1 Å². The molecule has 0 aliphatic carbocycles. The van der Waals surface area contributed by atoms with Crippen molar-refractivity contribution in [2.24, 2.45) is 0 Å². The minimum atomic E-state index is -0.190. The first-order valence-electron chi connectivity index (χ1n) is 8.11. The number of para-hydroxylation sites is 2. The van der Waals surface area contributed by atoms with Crippen LogP contribution < -0.4 is 14.8 Å². The van der Waals surface area contributed by atoms with E-state index in [-0.39, 0.29) is 5.91 Å². The number of nitrogens with one attached hydrogen (secondary N) is 1. The number of unbranched alkanes of at least 4 members (excludes halogenated alkanes) is 1. The van der Waals surface area contributed by atoms with Gasteiger partial charge in [-0.3, -0.25) is 4.79 Å². The molecule has 0 saturated carbocycles. The van der Waals surface area contributed by atoms with Crippen LogP contribution in [0.3, 0.4) is 0 Å². The molecule has 126 valence electrons. The monoisotopic (exact) mass is 325 g/mol. The van der Waals surface area contributed by atoms with Crippen LogP contribution >= 0.6 is 0 Å². The second kappa shape index (κ2) is 9.40. The highest BCUT2D eigenvalue weighted by Gasteiger charge is 2.09. The molecule has 0 aliphatic rings. The smallest absolute Gasteiger partial charge is 0.255 e. The van der Waals surface area contributed by atoms with Gasteiger partial charge in [-0.2, -0.15) is 0 Å². The second-order valence-corrected chi connectivity index (χ2v) is 5.28. The standard InChI is InChI=1S/C20H23NO3/c1-3-5-15-23-17-12-10-16(11-13-17)20(22)21-18-8-6-7-9-19(18)24-14-4-2/h4,6-13H,2-3,5,14-15H2,1H3,(H,21,22). The fourth-order valence-electron chi connectivity index (χ4n) is 2.08. The van der Waals surface area contributed by atoms with Gasteiger partial charge in [0, 0.05) is 5.56 Å². The van der Waals surface area contributed by atoms with Crippen LogP contribution in [-0.2, 0) is 0 Å².